The highest BCUT2D eigenvalue weighted by Crippen LogP contribution is 2.36. The van der Waals surface area contributed by atoms with Crippen molar-refractivity contribution in [3.8, 4) is 5.75 Å². The zero-order valence-electron chi connectivity index (χ0n) is 15.1. The Kier molecular flexibility index (Phi) is 5.17. The standard InChI is InChI=1S/C20H21Cl2N3O2/c1-2-17-23-19-15(25(17)12-13-4-3-5-14(21)18(13)22)6-7-16(20(19)26)24-8-10-27-11-9-24/h3-7,26H,2,8-12H2,1H3. The van der Waals surface area contributed by atoms with Crippen LogP contribution >= 0.6 is 23.2 Å². The van der Waals surface area contributed by atoms with Crippen LogP contribution in [0.15, 0.2) is 30.3 Å². The third-order valence-corrected chi connectivity index (χ3v) is 5.84. The minimum absolute atomic E-state index is 0.222. The number of hydrogen-bond acceptors (Lipinski definition) is 4. The number of anilines is 1. The first-order chi connectivity index (χ1) is 13.1. The van der Waals surface area contributed by atoms with Crippen LogP contribution < -0.4 is 4.90 Å². The van der Waals surface area contributed by atoms with E-state index in [1.807, 2.05) is 24.3 Å². The van der Waals surface area contributed by atoms with E-state index < -0.39 is 0 Å². The number of ether oxygens (including phenoxy) is 1. The highest BCUT2D eigenvalue weighted by molar-refractivity contribution is 6.42. The molecule has 0 radical (unpaired) electrons. The van der Waals surface area contributed by atoms with Gasteiger partial charge in [-0.1, -0.05) is 42.3 Å². The van der Waals surface area contributed by atoms with Crippen molar-refractivity contribution in [3.05, 3.63) is 51.8 Å². The average Bonchev–Trinajstić information content (AvgIpc) is 3.05. The van der Waals surface area contributed by atoms with Crippen molar-refractivity contribution >= 4 is 39.9 Å². The van der Waals surface area contributed by atoms with Crippen molar-refractivity contribution in [3.63, 3.8) is 0 Å². The van der Waals surface area contributed by atoms with Crippen LogP contribution in [-0.4, -0.2) is 41.0 Å². The fourth-order valence-electron chi connectivity index (χ4n) is 3.56. The summed E-state index contributed by atoms with van der Waals surface area (Å²) < 4.78 is 7.50. The molecule has 0 unspecified atom stereocenters. The van der Waals surface area contributed by atoms with Gasteiger partial charge in [-0.25, -0.2) is 4.98 Å². The van der Waals surface area contributed by atoms with Crippen molar-refractivity contribution < 1.29 is 9.84 Å². The summed E-state index contributed by atoms with van der Waals surface area (Å²) in [5.74, 6) is 1.12. The molecule has 4 rings (SSSR count). The number of aryl methyl sites for hydroxylation is 1. The van der Waals surface area contributed by atoms with Gasteiger partial charge in [0.05, 0.1) is 41.0 Å². The summed E-state index contributed by atoms with van der Waals surface area (Å²) in [4.78, 5) is 6.85. The minimum atomic E-state index is 0.222. The Hall–Kier alpha value is -1.95. The molecule has 142 valence electrons. The summed E-state index contributed by atoms with van der Waals surface area (Å²) in [6.07, 6.45) is 0.749. The smallest absolute Gasteiger partial charge is 0.167 e. The number of phenolic OH excluding ortho intramolecular Hbond substituents is 1. The first-order valence-corrected chi connectivity index (χ1v) is 9.82. The number of nitrogens with zero attached hydrogens (tertiary/aromatic N) is 3. The van der Waals surface area contributed by atoms with Gasteiger partial charge in [0.1, 0.15) is 11.3 Å². The number of halogens is 2. The molecule has 0 spiro atoms. The van der Waals surface area contributed by atoms with Crippen molar-refractivity contribution in [2.75, 3.05) is 31.2 Å². The van der Waals surface area contributed by atoms with E-state index in [9.17, 15) is 5.11 Å². The van der Waals surface area contributed by atoms with Gasteiger partial charge in [-0.3, -0.25) is 0 Å². The average molecular weight is 406 g/mol. The maximum Gasteiger partial charge on any atom is 0.167 e. The van der Waals surface area contributed by atoms with Gasteiger partial charge in [0.15, 0.2) is 5.75 Å². The number of hydrogen-bond donors (Lipinski definition) is 1. The summed E-state index contributed by atoms with van der Waals surface area (Å²) in [5.41, 5.74) is 3.24. The Morgan fingerprint density at radius 2 is 1.93 bits per heavy atom. The summed E-state index contributed by atoms with van der Waals surface area (Å²) in [6.45, 7) is 5.46. The molecule has 1 aliphatic rings. The topological polar surface area (TPSA) is 50.5 Å². The van der Waals surface area contributed by atoms with Gasteiger partial charge in [0.2, 0.25) is 0 Å². The molecule has 1 aromatic heterocycles. The van der Waals surface area contributed by atoms with Crippen LogP contribution in [0.2, 0.25) is 10.0 Å². The van der Waals surface area contributed by atoms with Crippen LogP contribution in [-0.2, 0) is 17.7 Å². The number of imidazole rings is 1. The van der Waals surface area contributed by atoms with E-state index in [0.717, 1.165) is 42.1 Å². The number of rotatable bonds is 4. The van der Waals surface area contributed by atoms with Crippen LogP contribution in [0.3, 0.4) is 0 Å². The molecule has 1 N–H and O–H groups in total. The van der Waals surface area contributed by atoms with Gasteiger partial charge in [0.25, 0.3) is 0 Å². The molecule has 27 heavy (non-hydrogen) atoms. The van der Waals surface area contributed by atoms with E-state index in [-0.39, 0.29) is 5.75 Å². The second-order valence-corrected chi connectivity index (χ2v) is 7.37. The molecule has 0 saturated carbocycles. The number of morpholine rings is 1. The number of benzene rings is 2. The fourth-order valence-corrected chi connectivity index (χ4v) is 3.94. The van der Waals surface area contributed by atoms with Gasteiger partial charge in [-0.2, -0.15) is 0 Å². The Balaban J connectivity index is 1.79. The summed E-state index contributed by atoms with van der Waals surface area (Å²) in [5, 5.41) is 12.0. The molecular formula is C20H21Cl2N3O2. The summed E-state index contributed by atoms with van der Waals surface area (Å²) in [7, 11) is 0. The summed E-state index contributed by atoms with van der Waals surface area (Å²) in [6, 6.07) is 9.61. The van der Waals surface area contributed by atoms with Gasteiger partial charge >= 0.3 is 0 Å². The molecule has 2 heterocycles. The molecular weight excluding hydrogens is 385 g/mol. The lowest BCUT2D eigenvalue weighted by Crippen LogP contribution is -2.36. The zero-order valence-corrected chi connectivity index (χ0v) is 16.6. The van der Waals surface area contributed by atoms with Crippen LogP contribution in [0.5, 0.6) is 5.75 Å². The predicted octanol–water partition coefficient (Wildman–Crippen LogP) is 4.50. The third kappa shape index (κ3) is 3.35. The van der Waals surface area contributed by atoms with Crippen molar-refractivity contribution in [1.29, 1.82) is 0 Å². The van der Waals surface area contributed by atoms with Gasteiger partial charge in [-0.15, -0.1) is 0 Å². The first kappa shape index (κ1) is 18.4. The number of aromatic hydroxyl groups is 1. The van der Waals surface area contributed by atoms with Crippen molar-refractivity contribution in [2.45, 2.75) is 19.9 Å². The van der Waals surface area contributed by atoms with Crippen LogP contribution in [0.4, 0.5) is 5.69 Å². The number of aromatic nitrogens is 2. The highest BCUT2D eigenvalue weighted by atomic mass is 35.5. The van der Waals surface area contributed by atoms with Crippen molar-refractivity contribution in [1.82, 2.24) is 9.55 Å². The summed E-state index contributed by atoms with van der Waals surface area (Å²) >= 11 is 12.5. The normalized spacial score (nSPS) is 14.9. The van der Waals surface area contributed by atoms with E-state index in [4.69, 9.17) is 32.9 Å². The molecule has 2 aromatic carbocycles. The molecule has 7 heteroatoms. The fraction of sp³-hybridized carbons (Fsp3) is 0.350. The highest BCUT2D eigenvalue weighted by Gasteiger charge is 2.20. The molecule has 1 fully saturated rings. The maximum atomic E-state index is 10.9. The first-order valence-electron chi connectivity index (χ1n) is 9.06. The Bertz CT molecular complexity index is 981. The van der Waals surface area contributed by atoms with E-state index in [0.29, 0.717) is 35.3 Å². The number of fused-ring (bicyclic) bond motifs is 1. The number of phenols is 1. The Morgan fingerprint density at radius 1 is 1.15 bits per heavy atom. The Labute approximate surface area is 168 Å². The molecule has 0 aliphatic carbocycles. The van der Waals surface area contributed by atoms with Gasteiger partial charge in [-0.05, 0) is 23.8 Å². The van der Waals surface area contributed by atoms with E-state index in [2.05, 4.69) is 16.4 Å². The molecule has 0 atom stereocenters. The second-order valence-electron chi connectivity index (χ2n) is 6.58. The molecule has 5 nitrogen and oxygen atoms in total. The van der Waals surface area contributed by atoms with Crippen LogP contribution in [0, 0.1) is 0 Å². The van der Waals surface area contributed by atoms with E-state index >= 15 is 0 Å². The lowest BCUT2D eigenvalue weighted by Gasteiger charge is -2.29. The molecule has 0 bridgehead atoms. The van der Waals surface area contributed by atoms with E-state index in [1.165, 1.54) is 0 Å². The molecule has 1 saturated heterocycles. The molecule has 1 aliphatic heterocycles. The largest absolute Gasteiger partial charge is 0.504 e. The van der Waals surface area contributed by atoms with Crippen LogP contribution in [0.1, 0.15) is 18.3 Å². The second kappa shape index (κ2) is 7.58. The molecule has 0 amide bonds. The van der Waals surface area contributed by atoms with Crippen LogP contribution in [0.25, 0.3) is 11.0 Å². The lowest BCUT2D eigenvalue weighted by atomic mass is 10.2. The monoisotopic (exact) mass is 405 g/mol. The van der Waals surface area contributed by atoms with Gasteiger partial charge < -0.3 is 19.3 Å². The lowest BCUT2D eigenvalue weighted by molar-refractivity contribution is 0.122. The third-order valence-electron chi connectivity index (χ3n) is 4.98. The molecule has 3 aromatic rings. The van der Waals surface area contributed by atoms with Crippen molar-refractivity contribution in [2.24, 2.45) is 0 Å². The van der Waals surface area contributed by atoms with E-state index in [1.54, 1.807) is 6.07 Å². The van der Waals surface area contributed by atoms with Gasteiger partial charge in [0, 0.05) is 19.5 Å². The Morgan fingerprint density at radius 3 is 2.67 bits per heavy atom. The SMILES string of the molecule is CCc1nc2c(O)c(N3CCOCC3)ccc2n1Cc1cccc(Cl)c1Cl. The quantitative estimate of drug-likeness (QED) is 0.694. The maximum absolute atomic E-state index is 10.9. The minimum Gasteiger partial charge on any atom is -0.504 e. The zero-order chi connectivity index (χ0) is 19.0. The predicted molar refractivity (Wildman–Crippen MR) is 109 cm³/mol.